The highest BCUT2D eigenvalue weighted by molar-refractivity contribution is 6.34. The number of Topliss-reactive ketones (excluding diaryl/α,β-unsaturated/α-hetero) is 1. The Kier molecular flexibility index (Phi) is 4.86. The maximum atomic E-state index is 14.4. The lowest BCUT2D eigenvalue weighted by Gasteiger charge is -2.37. The zero-order chi connectivity index (χ0) is 26.1. The van der Waals surface area contributed by atoms with E-state index in [1.165, 1.54) is 24.3 Å². The second kappa shape index (κ2) is 7.80. The maximum absolute atomic E-state index is 14.4. The molecule has 1 saturated heterocycles. The number of allylic oxidation sites excluding steroid dienone is 2. The lowest BCUT2D eigenvalue weighted by atomic mass is 9.62. The monoisotopic (exact) mass is 492 g/mol. The minimum absolute atomic E-state index is 0.101. The van der Waals surface area contributed by atoms with Gasteiger partial charge in [-0.25, -0.2) is 4.90 Å². The molecular formula is C30H24N2O5. The van der Waals surface area contributed by atoms with Crippen LogP contribution < -0.4 is 4.90 Å². The van der Waals surface area contributed by atoms with E-state index in [0.29, 0.717) is 6.42 Å². The molecule has 4 atom stereocenters. The van der Waals surface area contributed by atoms with Crippen molar-refractivity contribution < 1.29 is 19.3 Å². The van der Waals surface area contributed by atoms with Crippen molar-refractivity contribution in [1.82, 2.24) is 0 Å². The Hall–Kier alpha value is -4.39. The smallest absolute Gasteiger partial charge is 0.271 e. The summed E-state index contributed by atoms with van der Waals surface area (Å²) in [6.07, 6.45) is 0.352. The van der Waals surface area contributed by atoms with Gasteiger partial charge in [0, 0.05) is 12.1 Å². The molecule has 7 heteroatoms. The summed E-state index contributed by atoms with van der Waals surface area (Å²) in [6.45, 7) is 3.69. The number of hydrogen-bond acceptors (Lipinski definition) is 5. The van der Waals surface area contributed by atoms with Crippen molar-refractivity contribution in [3.8, 4) is 0 Å². The molecular weight excluding hydrogens is 468 g/mol. The zero-order valence-electron chi connectivity index (χ0n) is 20.4. The maximum Gasteiger partial charge on any atom is 0.271 e. The van der Waals surface area contributed by atoms with Gasteiger partial charge < -0.3 is 0 Å². The number of nitro groups is 1. The van der Waals surface area contributed by atoms with E-state index in [-0.39, 0.29) is 17.2 Å². The topological polar surface area (TPSA) is 97.6 Å². The normalized spacial score (nSPS) is 28.3. The fourth-order valence-corrected chi connectivity index (χ4v) is 7.13. The van der Waals surface area contributed by atoms with Gasteiger partial charge in [0.05, 0.1) is 33.3 Å². The number of non-ortho nitro benzene ring substituents is 1. The Morgan fingerprint density at radius 1 is 0.811 bits per heavy atom. The number of rotatable bonds is 5. The van der Waals surface area contributed by atoms with Gasteiger partial charge in [-0.1, -0.05) is 73.7 Å². The molecule has 3 aromatic rings. The summed E-state index contributed by atoms with van der Waals surface area (Å²) in [5.74, 6) is -2.84. The number of imide groups is 1. The fourth-order valence-electron chi connectivity index (χ4n) is 7.13. The van der Waals surface area contributed by atoms with Crippen molar-refractivity contribution in [1.29, 1.82) is 0 Å². The number of nitrogens with zero attached hydrogens (tertiary/aromatic N) is 2. The highest BCUT2D eigenvalue weighted by Crippen LogP contribution is 2.74. The summed E-state index contributed by atoms with van der Waals surface area (Å²) in [5.41, 5.74) is 0.824. The molecule has 3 aliphatic rings. The molecule has 7 nitrogen and oxygen atoms in total. The van der Waals surface area contributed by atoms with Gasteiger partial charge in [-0.3, -0.25) is 24.5 Å². The van der Waals surface area contributed by atoms with Crippen LogP contribution in [0.15, 0.2) is 84.9 Å². The lowest BCUT2D eigenvalue weighted by molar-refractivity contribution is -0.384. The molecule has 37 heavy (non-hydrogen) atoms. The van der Waals surface area contributed by atoms with Gasteiger partial charge in [0.1, 0.15) is 0 Å². The zero-order valence-corrected chi connectivity index (χ0v) is 20.4. The van der Waals surface area contributed by atoms with E-state index in [0.717, 1.165) is 27.2 Å². The van der Waals surface area contributed by atoms with Crippen molar-refractivity contribution in [3.63, 3.8) is 0 Å². The van der Waals surface area contributed by atoms with Gasteiger partial charge in [0.2, 0.25) is 11.8 Å². The van der Waals surface area contributed by atoms with Crippen LogP contribution in [0, 0.1) is 32.8 Å². The molecule has 6 rings (SSSR count). The fraction of sp³-hybridized carbons (Fsp3) is 0.233. The molecule has 0 N–H and O–H groups in total. The Morgan fingerprint density at radius 3 is 1.95 bits per heavy atom. The van der Waals surface area contributed by atoms with E-state index in [4.69, 9.17) is 0 Å². The number of benzene rings is 3. The van der Waals surface area contributed by atoms with Crippen LogP contribution in [0.5, 0.6) is 0 Å². The molecule has 3 aromatic carbocycles. The van der Waals surface area contributed by atoms with Crippen molar-refractivity contribution in [2.45, 2.75) is 20.3 Å². The molecule has 0 unspecified atom stereocenters. The number of amides is 2. The summed E-state index contributed by atoms with van der Waals surface area (Å²) in [5, 5.41) is 11.4. The first kappa shape index (κ1) is 23.0. The Labute approximate surface area is 213 Å². The van der Waals surface area contributed by atoms with Crippen molar-refractivity contribution in [2.75, 3.05) is 4.90 Å². The number of anilines is 1. The summed E-state index contributed by atoms with van der Waals surface area (Å²) < 4.78 is 0. The highest BCUT2D eigenvalue weighted by atomic mass is 16.6. The van der Waals surface area contributed by atoms with E-state index < -0.39 is 39.4 Å². The molecule has 0 spiro atoms. The number of ketones is 1. The summed E-state index contributed by atoms with van der Waals surface area (Å²) in [4.78, 5) is 54.5. The van der Waals surface area contributed by atoms with Gasteiger partial charge in [-0.05, 0) is 41.7 Å². The van der Waals surface area contributed by atoms with E-state index in [1.807, 2.05) is 67.6 Å². The highest BCUT2D eigenvalue weighted by Gasteiger charge is 2.79. The van der Waals surface area contributed by atoms with Gasteiger partial charge >= 0.3 is 0 Å². The molecule has 2 fully saturated rings. The van der Waals surface area contributed by atoms with Crippen molar-refractivity contribution >= 4 is 40.1 Å². The third-order valence-electron chi connectivity index (χ3n) is 8.53. The lowest BCUT2D eigenvalue weighted by Crippen LogP contribution is -2.41. The standard InChI is InChI=1S/C30H24N2O5/c1-3-30-23(19-13-8-5-9-14-19)22(18-11-6-4-7-12-18)29(2,28(30)35)24-25(30)27(34)31(26(24)33)20-15-10-16-21(17-20)32(36)37/h4-17,24-25H,3H2,1-2H3/t24-,25+,29+,30-/m1/s1. The first-order valence-electron chi connectivity index (χ1n) is 12.3. The molecule has 2 amide bonds. The van der Waals surface area contributed by atoms with E-state index in [2.05, 4.69) is 0 Å². The van der Waals surface area contributed by atoms with Gasteiger partial charge in [-0.15, -0.1) is 0 Å². The van der Waals surface area contributed by atoms with Crippen LogP contribution in [-0.4, -0.2) is 22.5 Å². The molecule has 184 valence electrons. The van der Waals surface area contributed by atoms with Crippen LogP contribution >= 0.6 is 0 Å². The third kappa shape index (κ3) is 2.74. The average Bonchev–Trinajstić information content (AvgIpc) is 3.39. The van der Waals surface area contributed by atoms with E-state index in [9.17, 15) is 24.5 Å². The second-order valence-corrected chi connectivity index (χ2v) is 10.1. The number of carbonyl (C=O) groups excluding carboxylic acids is 3. The second-order valence-electron chi connectivity index (χ2n) is 10.1. The average molecular weight is 493 g/mol. The first-order valence-corrected chi connectivity index (χ1v) is 12.3. The van der Waals surface area contributed by atoms with Crippen LogP contribution in [0.4, 0.5) is 11.4 Å². The number of carbonyl (C=O) groups is 3. The van der Waals surface area contributed by atoms with E-state index in [1.54, 1.807) is 6.92 Å². The molecule has 2 bridgehead atoms. The molecule has 1 aliphatic heterocycles. The Balaban J connectivity index is 1.62. The molecule has 2 aliphatic carbocycles. The quantitative estimate of drug-likeness (QED) is 0.273. The van der Waals surface area contributed by atoms with Crippen LogP contribution in [-0.2, 0) is 14.4 Å². The van der Waals surface area contributed by atoms with Gasteiger partial charge in [-0.2, -0.15) is 0 Å². The van der Waals surface area contributed by atoms with Crippen LogP contribution in [0.3, 0.4) is 0 Å². The van der Waals surface area contributed by atoms with Crippen LogP contribution in [0.25, 0.3) is 11.1 Å². The molecule has 1 saturated carbocycles. The van der Waals surface area contributed by atoms with Crippen molar-refractivity contribution in [2.24, 2.45) is 22.7 Å². The number of hydrogen-bond donors (Lipinski definition) is 0. The molecule has 1 heterocycles. The number of nitro benzene ring substituents is 1. The Bertz CT molecular complexity index is 1530. The Morgan fingerprint density at radius 2 is 1.38 bits per heavy atom. The van der Waals surface area contributed by atoms with Gasteiger partial charge in [0.25, 0.3) is 5.69 Å². The van der Waals surface area contributed by atoms with Crippen molar-refractivity contribution in [3.05, 3.63) is 106 Å². The van der Waals surface area contributed by atoms with Crippen LogP contribution in [0.2, 0.25) is 0 Å². The summed E-state index contributed by atoms with van der Waals surface area (Å²) in [6, 6.07) is 24.7. The predicted octanol–water partition coefficient (Wildman–Crippen LogP) is 5.31. The predicted molar refractivity (Wildman–Crippen MR) is 138 cm³/mol. The number of fused-ring (bicyclic) bond motifs is 5. The largest absolute Gasteiger partial charge is 0.298 e. The molecule has 0 radical (unpaired) electrons. The summed E-state index contributed by atoms with van der Waals surface area (Å²) >= 11 is 0. The van der Waals surface area contributed by atoms with E-state index >= 15 is 0 Å². The SMILES string of the molecule is CC[C@@]12C(=O)[C@@](C)(C(c3ccccc3)=C1c1ccccc1)[C@H]1C(=O)N(c3cccc([N+](=O)[O-])c3)C(=O)[C@H]12. The summed E-state index contributed by atoms with van der Waals surface area (Å²) in [7, 11) is 0. The first-order chi connectivity index (χ1) is 17.8. The minimum atomic E-state index is -1.23. The minimum Gasteiger partial charge on any atom is -0.298 e. The van der Waals surface area contributed by atoms with Gasteiger partial charge in [0.15, 0.2) is 5.78 Å². The molecule has 0 aromatic heterocycles. The third-order valence-corrected chi connectivity index (χ3v) is 8.53. The van der Waals surface area contributed by atoms with Crippen LogP contribution in [0.1, 0.15) is 31.4 Å².